The Kier molecular flexibility index (Phi) is 3.33. The lowest BCUT2D eigenvalue weighted by Crippen LogP contribution is -2.28. The summed E-state index contributed by atoms with van der Waals surface area (Å²) in [5, 5.41) is 6.69. The zero-order valence-electron chi connectivity index (χ0n) is 11.8. The summed E-state index contributed by atoms with van der Waals surface area (Å²) in [6.07, 6.45) is 5.30. The molecule has 1 aliphatic rings. The zero-order valence-corrected chi connectivity index (χ0v) is 12.6. The average Bonchev–Trinajstić information content (AvgIpc) is 3.17. The predicted molar refractivity (Wildman–Crippen MR) is 85.7 cm³/mol. The second kappa shape index (κ2) is 5.47. The minimum absolute atomic E-state index is 0.974. The van der Waals surface area contributed by atoms with Gasteiger partial charge in [0.15, 0.2) is 0 Å². The van der Waals surface area contributed by atoms with Crippen LogP contribution in [0.15, 0.2) is 54.2 Å². The number of para-hydroxylation sites is 1. The summed E-state index contributed by atoms with van der Waals surface area (Å²) >= 11 is 1.89. The summed E-state index contributed by atoms with van der Waals surface area (Å²) in [7, 11) is 0. The fourth-order valence-corrected chi connectivity index (χ4v) is 3.75. The number of rotatable bonds is 3. The topological polar surface area (TPSA) is 21.1 Å². The highest BCUT2D eigenvalue weighted by atomic mass is 32.1. The summed E-state index contributed by atoms with van der Waals surface area (Å²) < 4.78 is 1.95. The van der Waals surface area contributed by atoms with Crippen LogP contribution < -0.4 is 0 Å². The lowest BCUT2D eigenvalue weighted by atomic mass is 10.1. The molecule has 0 fully saturated rings. The van der Waals surface area contributed by atoms with Gasteiger partial charge in [0.2, 0.25) is 0 Å². The van der Waals surface area contributed by atoms with Crippen LogP contribution in [0.4, 0.5) is 0 Å². The van der Waals surface area contributed by atoms with Crippen molar-refractivity contribution in [1.82, 2.24) is 14.7 Å². The van der Waals surface area contributed by atoms with E-state index in [0.29, 0.717) is 0 Å². The van der Waals surface area contributed by atoms with Crippen LogP contribution in [0.2, 0.25) is 0 Å². The van der Waals surface area contributed by atoms with Crippen molar-refractivity contribution in [3.63, 3.8) is 0 Å². The number of thiophene rings is 1. The van der Waals surface area contributed by atoms with E-state index in [0.717, 1.165) is 25.3 Å². The maximum atomic E-state index is 4.48. The second-order valence-electron chi connectivity index (χ2n) is 5.46. The molecule has 2 aromatic heterocycles. The first-order chi connectivity index (χ1) is 10.4. The van der Waals surface area contributed by atoms with Crippen LogP contribution in [-0.4, -0.2) is 21.2 Å². The van der Waals surface area contributed by atoms with E-state index in [1.54, 1.807) is 4.88 Å². The van der Waals surface area contributed by atoms with Gasteiger partial charge in [-0.2, -0.15) is 5.10 Å². The third kappa shape index (κ3) is 2.64. The maximum Gasteiger partial charge on any atom is 0.0645 e. The van der Waals surface area contributed by atoms with E-state index in [-0.39, 0.29) is 0 Å². The second-order valence-corrected chi connectivity index (χ2v) is 6.46. The zero-order chi connectivity index (χ0) is 14.1. The van der Waals surface area contributed by atoms with E-state index in [1.807, 2.05) is 40.4 Å². The Morgan fingerprint density at radius 1 is 1.14 bits per heavy atom. The van der Waals surface area contributed by atoms with Gasteiger partial charge in [0.05, 0.1) is 11.9 Å². The largest absolute Gasteiger partial charge is 0.294 e. The van der Waals surface area contributed by atoms with Gasteiger partial charge >= 0.3 is 0 Å². The van der Waals surface area contributed by atoms with Crippen molar-refractivity contribution in [3.8, 4) is 5.69 Å². The summed E-state index contributed by atoms with van der Waals surface area (Å²) in [6.45, 7) is 3.18. The molecule has 0 N–H and O–H groups in total. The molecule has 0 saturated heterocycles. The number of nitrogens with zero attached hydrogens (tertiary/aromatic N) is 3. The summed E-state index contributed by atoms with van der Waals surface area (Å²) in [6, 6.07) is 12.5. The van der Waals surface area contributed by atoms with Crippen molar-refractivity contribution in [3.05, 3.63) is 70.2 Å². The molecule has 0 aliphatic carbocycles. The predicted octanol–water partition coefficient (Wildman–Crippen LogP) is 3.49. The molecule has 21 heavy (non-hydrogen) atoms. The lowest BCUT2D eigenvalue weighted by molar-refractivity contribution is 0.247. The number of fused-ring (bicyclic) bond motifs is 1. The van der Waals surface area contributed by atoms with Gasteiger partial charge in [0, 0.05) is 36.3 Å². The van der Waals surface area contributed by atoms with Crippen molar-refractivity contribution in [2.24, 2.45) is 0 Å². The molecule has 3 heterocycles. The third-order valence-corrected chi connectivity index (χ3v) is 4.97. The van der Waals surface area contributed by atoms with Crippen LogP contribution in [0.1, 0.15) is 16.0 Å². The van der Waals surface area contributed by atoms with Gasteiger partial charge in [-0.25, -0.2) is 4.68 Å². The Morgan fingerprint density at radius 2 is 2.05 bits per heavy atom. The first kappa shape index (κ1) is 12.8. The Morgan fingerprint density at radius 3 is 2.95 bits per heavy atom. The van der Waals surface area contributed by atoms with Gasteiger partial charge in [-0.3, -0.25) is 4.90 Å². The first-order valence-electron chi connectivity index (χ1n) is 7.25. The molecule has 106 valence electrons. The number of hydrogen-bond acceptors (Lipinski definition) is 3. The summed E-state index contributed by atoms with van der Waals surface area (Å²) in [5.74, 6) is 0. The molecule has 1 aromatic carbocycles. The Bertz CT molecular complexity index is 729. The molecule has 0 radical (unpaired) electrons. The molecule has 0 atom stereocenters. The fourth-order valence-electron chi connectivity index (χ4n) is 2.86. The molecule has 0 spiro atoms. The standard InChI is InChI=1S/C17H17N3S/c1-2-4-16(5-3-1)20-12-14(10-18-20)11-19-8-6-17-15(13-19)7-9-21-17/h1-5,7,9-10,12H,6,8,11,13H2. The van der Waals surface area contributed by atoms with E-state index in [4.69, 9.17) is 0 Å². The highest BCUT2D eigenvalue weighted by Gasteiger charge is 2.17. The number of aromatic nitrogens is 2. The average molecular weight is 295 g/mol. The first-order valence-corrected chi connectivity index (χ1v) is 8.13. The van der Waals surface area contributed by atoms with E-state index in [2.05, 4.69) is 39.8 Å². The summed E-state index contributed by atoms with van der Waals surface area (Å²) in [4.78, 5) is 4.06. The molecule has 3 nitrogen and oxygen atoms in total. The fraction of sp³-hybridized carbons (Fsp3) is 0.235. The summed E-state index contributed by atoms with van der Waals surface area (Å²) in [5.41, 5.74) is 3.89. The molecule has 3 aromatic rings. The minimum Gasteiger partial charge on any atom is -0.294 e. The number of hydrogen-bond donors (Lipinski definition) is 0. The monoisotopic (exact) mass is 295 g/mol. The van der Waals surface area contributed by atoms with Gasteiger partial charge < -0.3 is 0 Å². The quantitative estimate of drug-likeness (QED) is 0.737. The van der Waals surface area contributed by atoms with Crippen molar-refractivity contribution < 1.29 is 0 Å². The van der Waals surface area contributed by atoms with E-state index >= 15 is 0 Å². The van der Waals surface area contributed by atoms with Crippen molar-refractivity contribution >= 4 is 11.3 Å². The SMILES string of the molecule is c1ccc(-n2cc(CN3CCc4sccc4C3)cn2)cc1. The van der Waals surface area contributed by atoms with Gasteiger partial charge in [-0.15, -0.1) is 11.3 Å². The van der Waals surface area contributed by atoms with Crippen LogP contribution in [0.5, 0.6) is 0 Å². The molecular weight excluding hydrogens is 278 g/mol. The third-order valence-electron chi connectivity index (χ3n) is 3.95. The van der Waals surface area contributed by atoms with Crippen LogP contribution in [0.3, 0.4) is 0 Å². The van der Waals surface area contributed by atoms with E-state index in [9.17, 15) is 0 Å². The van der Waals surface area contributed by atoms with Gasteiger partial charge in [0.1, 0.15) is 0 Å². The van der Waals surface area contributed by atoms with Crippen LogP contribution in [0, 0.1) is 0 Å². The molecule has 4 heteroatoms. The van der Waals surface area contributed by atoms with Crippen LogP contribution in [0.25, 0.3) is 5.69 Å². The number of benzene rings is 1. The molecular formula is C17H17N3S. The van der Waals surface area contributed by atoms with E-state index in [1.165, 1.54) is 17.5 Å². The van der Waals surface area contributed by atoms with Gasteiger partial charge in [-0.1, -0.05) is 18.2 Å². The van der Waals surface area contributed by atoms with Crippen molar-refractivity contribution in [1.29, 1.82) is 0 Å². The van der Waals surface area contributed by atoms with Crippen molar-refractivity contribution in [2.45, 2.75) is 19.5 Å². The Balaban J connectivity index is 1.48. The molecule has 4 rings (SSSR count). The van der Waals surface area contributed by atoms with Crippen LogP contribution >= 0.6 is 11.3 Å². The van der Waals surface area contributed by atoms with E-state index < -0.39 is 0 Å². The maximum absolute atomic E-state index is 4.48. The van der Waals surface area contributed by atoms with Gasteiger partial charge in [0.25, 0.3) is 0 Å². The van der Waals surface area contributed by atoms with Gasteiger partial charge in [-0.05, 0) is 35.6 Å². The lowest BCUT2D eigenvalue weighted by Gasteiger charge is -2.26. The minimum atomic E-state index is 0.974. The highest BCUT2D eigenvalue weighted by molar-refractivity contribution is 7.10. The molecule has 0 saturated carbocycles. The smallest absolute Gasteiger partial charge is 0.0645 e. The Labute approximate surface area is 128 Å². The Hall–Kier alpha value is -1.91. The molecule has 1 aliphatic heterocycles. The highest BCUT2D eigenvalue weighted by Crippen LogP contribution is 2.25. The normalized spacial score (nSPS) is 15.0. The van der Waals surface area contributed by atoms with Crippen LogP contribution in [-0.2, 0) is 19.5 Å². The molecule has 0 amide bonds. The molecule has 0 bridgehead atoms. The van der Waals surface area contributed by atoms with Crippen molar-refractivity contribution in [2.75, 3.05) is 6.54 Å². The molecule has 0 unspecified atom stereocenters.